The maximum atomic E-state index is 12.5. The number of aromatic nitrogens is 3. The summed E-state index contributed by atoms with van der Waals surface area (Å²) in [4.78, 5) is 27.0. The summed E-state index contributed by atoms with van der Waals surface area (Å²) in [7, 11) is 0. The zero-order valence-corrected chi connectivity index (χ0v) is 14.5. The van der Waals surface area contributed by atoms with E-state index in [1.54, 1.807) is 6.26 Å². The number of hydrogen-bond donors (Lipinski definition) is 0. The number of ether oxygens (including phenoxy) is 1. The molecule has 1 atom stereocenters. The molecule has 1 saturated heterocycles. The second-order valence-electron chi connectivity index (χ2n) is 7.16. The standard InChI is InChI=1S/C17H22N4O4/c1-12(2)21-16(23)15(22)20-11-17(25-9-14(20)18-21)5-6-19(10-17)8-13-4-3-7-24-13/h3-4,7,12H,5-6,8-11H2,1-2H3/t17-/m1/s1. The van der Waals surface area contributed by atoms with E-state index in [2.05, 4.69) is 10.00 Å². The molecule has 0 amide bonds. The lowest BCUT2D eigenvalue weighted by molar-refractivity contribution is -0.0861. The SMILES string of the molecule is CC(C)n1nc2n(c(=O)c1=O)C[C@]1(CCN(Cc3ccco3)C1)OC2. The number of nitrogens with zero attached hydrogens (tertiary/aromatic N) is 4. The molecule has 4 heterocycles. The van der Waals surface area contributed by atoms with Crippen molar-refractivity contribution >= 4 is 0 Å². The van der Waals surface area contributed by atoms with Gasteiger partial charge in [0.1, 0.15) is 18.0 Å². The van der Waals surface area contributed by atoms with E-state index in [0.29, 0.717) is 25.5 Å². The number of likely N-dealkylation sites (tertiary alicyclic amines) is 1. The van der Waals surface area contributed by atoms with Crippen LogP contribution in [0.3, 0.4) is 0 Å². The molecule has 4 rings (SSSR count). The van der Waals surface area contributed by atoms with Crippen molar-refractivity contribution in [3.8, 4) is 0 Å². The van der Waals surface area contributed by atoms with E-state index in [4.69, 9.17) is 9.15 Å². The summed E-state index contributed by atoms with van der Waals surface area (Å²) < 4.78 is 14.3. The number of furan rings is 1. The molecule has 0 bridgehead atoms. The molecule has 134 valence electrons. The van der Waals surface area contributed by atoms with Crippen molar-refractivity contribution in [1.82, 2.24) is 19.2 Å². The molecule has 25 heavy (non-hydrogen) atoms. The molecule has 8 heteroatoms. The number of rotatable bonds is 3. The Morgan fingerprint density at radius 3 is 2.84 bits per heavy atom. The van der Waals surface area contributed by atoms with E-state index >= 15 is 0 Å². The van der Waals surface area contributed by atoms with Crippen molar-refractivity contribution in [2.75, 3.05) is 13.1 Å². The molecule has 2 aromatic rings. The van der Waals surface area contributed by atoms with Gasteiger partial charge in [0.2, 0.25) is 0 Å². The van der Waals surface area contributed by atoms with Gasteiger partial charge in [-0.05, 0) is 32.4 Å². The summed E-state index contributed by atoms with van der Waals surface area (Å²) in [6.07, 6.45) is 2.48. The molecule has 0 aliphatic carbocycles. The van der Waals surface area contributed by atoms with Crippen molar-refractivity contribution in [2.24, 2.45) is 0 Å². The summed E-state index contributed by atoms with van der Waals surface area (Å²) in [5, 5.41) is 4.32. The van der Waals surface area contributed by atoms with Gasteiger partial charge in [0.25, 0.3) is 0 Å². The number of fused-ring (bicyclic) bond motifs is 1. The predicted molar refractivity (Wildman–Crippen MR) is 89.3 cm³/mol. The van der Waals surface area contributed by atoms with Crippen LogP contribution in [0, 0.1) is 0 Å². The molecule has 2 aromatic heterocycles. The van der Waals surface area contributed by atoms with Crippen molar-refractivity contribution in [1.29, 1.82) is 0 Å². The Balaban J connectivity index is 1.58. The molecule has 0 aromatic carbocycles. The average molecular weight is 346 g/mol. The molecule has 0 unspecified atom stereocenters. The summed E-state index contributed by atoms with van der Waals surface area (Å²) in [5.41, 5.74) is -1.52. The summed E-state index contributed by atoms with van der Waals surface area (Å²) in [6.45, 7) is 6.56. The van der Waals surface area contributed by atoms with Gasteiger partial charge in [0.05, 0.1) is 25.4 Å². The second kappa shape index (κ2) is 5.96. The first-order valence-corrected chi connectivity index (χ1v) is 8.59. The highest BCUT2D eigenvalue weighted by molar-refractivity contribution is 5.04. The topological polar surface area (TPSA) is 82.5 Å². The van der Waals surface area contributed by atoms with E-state index in [1.807, 2.05) is 26.0 Å². The highest BCUT2D eigenvalue weighted by Crippen LogP contribution is 2.31. The van der Waals surface area contributed by atoms with Crippen LogP contribution < -0.4 is 11.1 Å². The normalized spacial score (nSPS) is 23.5. The molecule has 0 saturated carbocycles. The Labute approximate surface area is 144 Å². The van der Waals surface area contributed by atoms with Crippen LogP contribution in [0.2, 0.25) is 0 Å². The fourth-order valence-electron chi connectivity index (χ4n) is 3.66. The van der Waals surface area contributed by atoms with Crippen LogP contribution >= 0.6 is 0 Å². The first-order chi connectivity index (χ1) is 12.0. The third kappa shape index (κ3) is 2.85. The van der Waals surface area contributed by atoms with Crippen molar-refractivity contribution in [3.05, 3.63) is 50.7 Å². The third-order valence-corrected chi connectivity index (χ3v) is 4.97. The Morgan fingerprint density at radius 1 is 1.28 bits per heavy atom. The van der Waals surface area contributed by atoms with Gasteiger partial charge >= 0.3 is 11.1 Å². The van der Waals surface area contributed by atoms with E-state index in [-0.39, 0.29) is 12.6 Å². The lowest BCUT2D eigenvalue weighted by Crippen LogP contribution is -2.53. The van der Waals surface area contributed by atoms with Crippen LogP contribution in [0.4, 0.5) is 0 Å². The zero-order chi connectivity index (χ0) is 17.6. The lowest BCUT2D eigenvalue weighted by Gasteiger charge is -2.35. The zero-order valence-electron chi connectivity index (χ0n) is 14.5. The highest BCUT2D eigenvalue weighted by Gasteiger charge is 2.43. The largest absolute Gasteiger partial charge is 0.468 e. The van der Waals surface area contributed by atoms with Gasteiger partial charge in [0, 0.05) is 13.1 Å². The Bertz CT molecular complexity index is 883. The molecule has 8 nitrogen and oxygen atoms in total. The summed E-state index contributed by atoms with van der Waals surface area (Å²) in [6, 6.07) is 3.67. The smallest absolute Gasteiger partial charge is 0.332 e. The summed E-state index contributed by atoms with van der Waals surface area (Å²) in [5.74, 6) is 1.43. The number of hydrogen-bond acceptors (Lipinski definition) is 6. The van der Waals surface area contributed by atoms with Crippen LogP contribution in [-0.2, 0) is 24.4 Å². The minimum absolute atomic E-state index is 0.155. The first-order valence-electron chi connectivity index (χ1n) is 8.59. The molecule has 2 aliphatic rings. The van der Waals surface area contributed by atoms with E-state index in [9.17, 15) is 9.59 Å². The monoisotopic (exact) mass is 346 g/mol. The first kappa shape index (κ1) is 16.3. The maximum absolute atomic E-state index is 12.5. The van der Waals surface area contributed by atoms with Crippen molar-refractivity contribution in [2.45, 2.75) is 51.6 Å². The Hall–Kier alpha value is -2.19. The fourth-order valence-corrected chi connectivity index (χ4v) is 3.66. The van der Waals surface area contributed by atoms with Crippen LogP contribution in [0.5, 0.6) is 0 Å². The molecule has 1 spiro atoms. The average Bonchev–Trinajstić information content (AvgIpc) is 3.22. The predicted octanol–water partition coefficient (Wildman–Crippen LogP) is 0.754. The molecule has 0 N–H and O–H groups in total. The molecule has 2 aliphatic heterocycles. The van der Waals surface area contributed by atoms with Gasteiger partial charge in [0.15, 0.2) is 5.82 Å². The minimum atomic E-state index is -0.568. The fraction of sp³-hybridized carbons (Fsp3) is 0.588. The van der Waals surface area contributed by atoms with Crippen LogP contribution in [-0.4, -0.2) is 37.9 Å². The van der Waals surface area contributed by atoms with E-state index in [0.717, 1.165) is 18.7 Å². The maximum Gasteiger partial charge on any atom is 0.332 e. The van der Waals surface area contributed by atoms with Crippen LogP contribution in [0.1, 0.15) is 37.9 Å². The summed E-state index contributed by atoms with van der Waals surface area (Å²) >= 11 is 0. The Kier molecular flexibility index (Phi) is 3.88. The molecule has 1 fully saturated rings. The van der Waals surface area contributed by atoms with Crippen molar-refractivity contribution < 1.29 is 9.15 Å². The second-order valence-corrected chi connectivity index (χ2v) is 7.16. The molecule has 0 radical (unpaired) electrons. The van der Waals surface area contributed by atoms with Gasteiger partial charge < -0.3 is 9.15 Å². The van der Waals surface area contributed by atoms with Gasteiger partial charge in [-0.1, -0.05) is 0 Å². The third-order valence-electron chi connectivity index (χ3n) is 4.97. The van der Waals surface area contributed by atoms with Gasteiger partial charge in [-0.15, -0.1) is 0 Å². The minimum Gasteiger partial charge on any atom is -0.468 e. The van der Waals surface area contributed by atoms with Gasteiger partial charge in [-0.2, -0.15) is 5.10 Å². The quantitative estimate of drug-likeness (QED) is 0.763. The van der Waals surface area contributed by atoms with E-state index < -0.39 is 16.7 Å². The lowest BCUT2D eigenvalue weighted by atomic mass is 10.0. The van der Waals surface area contributed by atoms with Crippen LogP contribution in [0.25, 0.3) is 0 Å². The molecular weight excluding hydrogens is 324 g/mol. The van der Waals surface area contributed by atoms with Crippen molar-refractivity contribution in [3.63, 3.8) is 0 Å². The van der Waals surface area contributed by atoms with Gasteiger partial charge in [-0.3, -0.25) is 19.1 Å². The van der Waals surface area contributed by atoms with Crippen LogP contribution in [0.15, 0.2) is 32.4 Å². The highest BCUT2D eigenvalue weighted by atomic mass is 16.5. The van der Waals surface area contributed by atoms with Gasteiger partial charge in [-0.25, -0.2) is 4.68 Å². The molecular formula is C17H22N4O4. The Morgan fingerprint density at radius 2 is 2.12 bits per heavy atom. The van der Waals surface area contributed by atoms with E-state index in [1.165, 1.54) is 9.25 Å².